The van der Waals surface area contributed by atoms with Gasteiger partial charge in [-0.05, 0) is 80.6 Å². The zero-order chi connectivity index (χ0) is 14.5. The summed E-state index contributed by atoms with van der Waals surface area (Å²) in [5.74, 6) is 0.828. The second kappa shape index (κ2) is 7.25. The Bertz CT molecular complexity index is 576. The van der Waals surface area contributed by atoms with Crippen LogP contribution in [0.2, 0.25) is 0 Å². The van der Waals surface area contributed by atoms with Gasteiger partial charge in [-0.2, -0.15) is 0 Å². The highest BCUT2D eigenvalue weighted by Crippen LogP contribution is 2.35. The number of ether oxygens (including phenoxy) is 1. The van der Waals surface area contributed by atoms with Crippen LogP contribution in [0.1, 0.15) is 16.7 Å². The number of halogens is 2. The summed E-state index contributed by atoms with van der Waals surface area (Å²) in [7, 11) is 0. The SMILES string of the molecule is Cc1ccccc1COc1c(Br)cc(CCN)cc1Br. The fourth-order valence-corrected chi connectivity index (χ4v) is 3.49. The maximum atomic E-state index is 5.94. The Balaban J connectivity index is 2.16. The molecule has 2 aromatic rings. The topological polar surface area (TPSA) is 35.2 Å². The lowest BCUT2D eigenvalue weighted by atomic mass is 10.1. The quantitative estimate of drug-likeness (QED) is 0.798. The fraction of sp³-hybridized carbons (Fsp3) is 0.250. The van der Waals surface area contributed by atoms with E-state index in [1.165, 1.54) is 16.7 Å². The van der Waals surface area contributed by atoms with E-state index in [0.717, 1.165) is 21.1 Å². The van der Waals surface area contributed by atoms with E-state index in [9.17, 15) is 0 Å². The molecule has 0 bridgehead atoms. The second-order valence-electron chi connectivity index (χ2n) is 4.64. The van der Waals surface area contributed by atoms with Crippen LogP contribution in [0.4, 0.5) is 0 Å². The average Bonchev–Trinajstić information content (AvgIpc) is 2.40. The van der Waals surface area contributed by atoms with Gasteiger partial charge in [0.05, 0.1) is 8.95 Å². The molecule has 0 heterocycles. The monoisotopic (exact) mass is 397 g/mol. The summed E-state index contributed by atoms with van der Waals surface area (Å²) in [4.78, 5) is 0. The Labute approximate surface area is 136 Å². The third kappa shape index (κ3) is 3.84. The highest BCUT2D eigenvalue weighted by atomic mass is 79.9. The van der Waals surface area contributed by atoms with E-state index in [2.05, 4.69) is 63.0 Å². The van der Waals surface area contributed by atoms with Crippen LogP contribution in [0.25, 0.3) is 0 Å². The van der Waals surface area contributed by atoms with Gasteiger partial charge < -0.3 is 10.5 Å². The van der Waals surface area contributed by atoms with Crippen molar-refractivity contribution in [2.24, 2.45) is 5.73 Å². The fourth-order valence-electron chi connectivity index (χ4n) is 1.98. The van der Waals surface area contributed by atoms with Gasteiger partial charge in [0.2, 0.25) is 0 Å². The largest absolute Gasteiger partial charge is 0.487 e. The van der Waals surface area contributed by atoms with E-state index in [1.54, 1.807) is 0 Å². The summed E-state index contributed by atoms with van der Waals surface area (Å²) in [6.07, 6.45) is 0.856. The molecule has 0 atom stereocenters. The van der Waals surface area contributed by atoms with Crippen LogP contribution in [0.3, 0.4) is 0 Å². The van der Waals surface area contributed by atoms with Crippen molar-refractivity contribution >= 4 is 31.9 Å². The van der Waals surface area contributed by atoms with Gasteiger partial charge >= 0.3 is 0 Å². The predicted molar refractivity (Wildman–Crippen MR) is 90.1 cm³/mol. The normalized spacial score (nSPS) is 10.6. The molecule has 0 spiro atoms. The van der Waals surface area contributed by atoms with E-state index in [-0.39, 0.29) is 0 Å². The molecule has 0 aliphatic rings. The number of hydrogen-bond acceptors (Lipinski definition) is 2. The van der Waals surface area contributed by atoms with Crippen LogP contribution in [-0.4, -0.2) is 6.54 Å². The third-order valence-electron chi connectivity index (χ3n) is 3.12. The second-order valence-corrected chi connectivity index (χ2v) is 6.35. The smallest absolute Gasteiger partial charge is 0.148 e. The molecule has 0 fully saturated rings. The number of rotatable bonds is 5. The summed E-state index contributed by atoms with van der Waals surface area (Å²) in [5, 5.41) is 0. The zero-order valence-electron chi connectivity index (χ0n) is 11.3. The first-order valence-corrected chi connectivity index (χ1v) is 8.05. The van der Waals surface area contributed by atoms with Crippen molar-refractivity contribution in [3.63, 3.8) is 0 Å². The Morgan fingerprint density at radius 3 is 2.35 bits per heavy atom. The van der Waals surface area contributed by atoms with Crippen LogP contribution < -0.4 is 10.5 Å². The van der Waals surface area contributed by atoms with Gasteiger partial charge in [0.15, 0.2) is 0 Å². The van der Waals surface area contributed by atoms with Gasteiger partial charge in [0.25, 0.3) is 0 Å². The zero-order valence-corrected chi connectivity index (χ0v) is 14.5. The molecule has 2 rings (SSSR count). The molecule has 0 saturated heterocycles. The van der Waals surface area contributed by atoms with Crippen LogP contribution in [0, 0.1) is 6.92 Å². The maximum Gasteiger partial charge on any atom is 0.148 e. The van der Waals surface area contributed by atoms with E-state index in [1.807, 2.05) is 12.1 Å². The molecule has 20 heavy (non-hydrogen) atoms. The molecule has 2 aromatic carbocycles. The Morgan fingerprint density at radius 1 is 1.10 bits per heavy atom. The van der Waals surface area contributed by atoms with Crippen molar-refractivity contribution in [2.75, 3.05) is 6.54 Å². The molecule has 0 radical (unpaired) electrons. The number of benzene rings is 2. The van der Waals surface area contributed by atoms with Gasteiger partial charge in [-0.25, -0.2) is 0 Å². The predicted octanol–water partition coefficient (Wildman–Crippen LogP) is 4.60. The average molecular weight is 399 g/mol. The first kappa shape index (κ1) is 15.5. The van der Waals surface area contributed by atoms with Gasteiger partial charge in [-0.15, -0.1) is 0 Å². The Hall–Kier alpha value is -0.840. The molecule has 0 aromatic heterocycles. The molecule has 4 heteroatoms. The lowest BCUT2D eigenvalue weighted by Crippen LogP contribution is -2.04. The van der Waals surface area contributed by atoms with Crippen LogP contribution >= 0.6 is 31.9 Å². The van der Waals surface area contributed by atoms with Gasteiger partial charge in [0, 0.05) is 0 Å². The van der Waals surface area contributed by atoms with Crippen molar-refractivity contribution in [1.82, 2.24) is 0 Å². The van der Waals surface area contributed by atoms with Crippen molar-refractivity contribution in [1.29, 1.82) is 0 Å². The van der Waals surface area contributed by atoms with Crippen molar-refractivity contribution in [3.8, 4) is 5.75 Å². The van der Waals surface area contributed by atoms with Crippen LogP contribution in [0.15, 0.2) is 45.3 Å². The number of nitrogens with two attached hydrogens (primary N) is 1. The highest BCUT2D eigenvalue weighted by Gasteiger charge is 2.09. The first-order valence-electron chi connectivity index (χ1n) is 6.47. The molecule has 0 amide bonds. The summed E-state index contributed by atoms with van der Waals surface area (Å²) < 4.78 is 7.84. The lowest BCUT2D eigenvalue weighted by Gasteiger charge is -2.13. The minimum absolute atomic E-state index is 0.556. The standard InChI is InChI=1S/C16H17Br2NO/c1-11-4-2-3-5-13(11)10-20-16-14(17)8-12(6-7-19)9-15(16)18/h2-5,8-9H,6-7,10,19H2,1H3. The number of aryl methyl sites for hydroxylation is 1. The van der Waals surface area contributed by atoms with Crippen molar-refractivity contribution in [2.45, 2.75) is 20.0 Å². The Morgan fingerprint density at radius 2 is 1.75 bits per heavy atom. The Kier molecular flexibility index (Phi) is 5.64. The molecular formula is C16H17Br2NO. The van der Waals surface area contributed by atoms with Crippen LogP contribution in [-0.2, 0) is 13.0 Å². The summed E-state index contributed by atoms with van der Waals surface area (Å²) >= 11 is 7.13. The first-order chi connectivity index (χ1) is 9.61. The summed E-state index contributed by atoms with van der Waals surface area (Å²) in [6.45, 7) is 3.29. The molecule has 0 unspecified atom stereocenters. The van der Waals surface area contributed by atoms with E-state index in [0.29, 0.717) is 13.2 Å². The van der Waals surface area contributed by atoms with Gasteiger partial charge in [-0.3, -0.25) is 0 Å². The summed E-state index contributed by atoms with van der Waals surface area (Å²) in [5.41, 5.74) is 9.21. The van der Waals surface area contributed by atoms with Crippen LogP contribution in [0.5, 0.6) is 5.75 Å². The summed E-state index contributed by atoms with van der Waals surface area (Å²) in [6, 6.07) is 12.4. The molecule has 2 N–H and O–H groups in total. The van der Waals surface area contributed by atoms with Crippen molar-refractivity contribution in [3.05, 3.63) is 62.0 Å². The molecule has 2 nitrogen and oxygen atoms in total. The lowest BCUT2D eigenvalue weighted by molar-refractivity contribution is 0.301. The van der Waals surface area contributed by atoms with E-state index in [4.69, 9.17) is 10.5 Å². The highest BCUT2D eigenvalue weighted by molar-refractivity contribution is 9.11. The third-order valence-corrected chi connectivity index (χ3v) is 4.30. The molecule has 0 saturated carbocycles. The molecule has 106 valence electrons. The maximum absolute atomic E-state index is 5.94. The van der Waals surface area contributed by atoms with Gasteiger partial charge in [0.1, 0.15) is 12.4 Å². The van der Waals surface area contributed by atoms with Crippen molar-refractivity contribution < 1.29 is 4.74 Å². The molecular weight excluding hydrogens is 382 g/mol. The molecule has 0 aliphatic carbocycles. The minimum Gasteiger partial charge on any atom is -0.487 e. The van der Waals surface area contributed by atoms with E-state index >= 15 is 0 Å². The molecule has 0 aliphatic heterocycles. The minimum atomic E-state index is 0.556. The van der Waals surface area contributed by atoms with Gasteiger partial charge in [-0.1, -0.05) is 24.3 Å². The van der Waals surface area contributed by atoms with E-state index < -0.39 is 0 Å². The number of hydrogen-bond donors (Lipinski definition) is 1.